The van der Waals surface area contributed by atoms with Gasteiger partial charge in [-0.1, -0.05) is 13.0 Å². The maximum absolute atomic E-state index is 13.7. The summed E-state index contributed by atoms with van der Waals surface area (Å²) in [4.78, 5) is 4.49. The van der Waals surface area contributed by atoms with Gasteiger partial charge in [0.05, 0.1) is 0 Å². The number of hydrogen-bond donors (Lipinski definition) is 1. The van der Waals surface area contributed by atoms with Gasteiger partial charge in [0, 0.05) is 36.9 Å². The molecule has 1 aliphatic rings. The first-order valence-electron chi connectivity index (χ1n) is 6.43. The van der Waals surface area contributed by atoms with Gasteiger partial charge in [-0.3, -0.25) is 0 Å². The molecular weight excluding hydrogens is 229 g/mol. The van der Waals surface area contributed by atoms with E-state index in [9.17, 15) is 4.39 Å². The van der Waals surface area contributed by atoms with E-state index in [2.05, 4.69) is 30.8 Å². The van der Waals surface area contributed by atoms with Crippen LogP contribution in [0.4, 0.5) is 10.1 Å². The zero-order chi connectivity index (χ0) is 13.3. The molecule has 4 heteroatoms. The van der Waals surface area contributed by atoms with Gasteiger partial charge in [0.25, 0.3) is 0 Å². The van der Waals surface area contributed by atoms with Crippen LogP contribution in [0.3, 0.4) is 0 Å². The number of halogens is 1. The van der Waals surface area contributed by atoms with Crippen molar-refractivity contribution in [3.63, 3.8) is 0 Å². The maximum Gasteiger partial charge on any atom is 0.129 e. The highest BCUT2D eigenvalue weighted by Gasteiger charge is 2.32. The highest BCUT2D eigenvalue weighted by atomic mass is 19.1. The predicted molar refractivity (Wildman–Crippen MR) is 73.1 cm³/mol. The molecule has 1 heterocycles. The van der Waals surface area contributed by atoms with Crippen molar-refractivity contribution < 1.29 is 4.39 Å². The van der Waals surface area contributed by atoms with E-state index in [1.54, 1.807) is 6.07 Å². The lowest BCUT2D eigenvalue weighted by molar-refractivity contribution is 0.266. The number of nitrogens with zero attached hydrogens (tertiary/aromatic N) is 2. The molecule has 2 rings (SSSR count). The third-order valence-electron chi connectivity index (χ3n) is 3.87. The lowest BCUT2D eigenvalue weighted by Crippen LogP contribution is -2.34. The molecular formula is C14H22FN3. The predicted octanol–water partition coefficient (Wildman–Crippen LogP) is 1.67. The Kier molecular flexibility index (Phi) is 3.88. The van der Waals surface area contributed by atoms with Crippen molar-refractivity contribution in [3.05, 3.63) is 29.6 Å². The van der Waals surface area contributed by atoms with Crippen molar-refractivity contribution in [1.29, 1.82) is 0 Å². The molecule has 0 spiro atoms. The van der Waals surface area contributed by atoms with Crippen LogP contribution in [-0.4, -0.2) is 38.1 Å². The highest BCUT2D eigenvalue weighted by molar-refractivity contribution is 5.55. The third kappa shape index (κ3) is 2.35. The quantitative estimate of drug-likeness (QED) is 0.887. The molecule has 2 N–H and O–H groups in total. The second kappa shape index (κ2) is 5.24. The molecule has 1 saturated heterocycles. The van der Waals surface area contributed by atoms with Gasteiger partial charge >= 0.3 is 0 Å². The summed E-state index contributed by atoms with van der Waals surface area (Å²) in [6.07, 6.45) is 0. The molecule has 2 atom stereocenters. The van der Waals surface area contributed by atoms with Crippen LogP contribution in [0.15, 0.2) is 18.2 Å². The first-order valence-corrected chi connectivity index (χ1v) is 6.43. The van der Waals surface area contributed by atoms with E-state index >= 15 is 0 Å². The Morgan fingerprint density at radius 1 is 1.39 bits per heavy atom. The summed E-state index contributed by atoms with van der Waals surface area (Å²) in [6.45, 7) is 4.38. The number of benzene rings is 1. The van der Waals surface area contributed by atoms with Gasteiger partial charge in [-0.05, 0) is 32.1 Å². The molecule has 0 amide bonds. The zero-order valence-corrected chi connectivity index (χ0v) is 11.4. The Morgan fingerprint density at radius 2 is 2.11 bits per heavy atom. The number of anilines is 1. The van der Waals surface area contributed by atoms with Gasteiger partial charge in [0.2, 0.25) is 0 Å². The minimum Gasteiger partial charge on any atom is -0.369 e. The van der Waals surface area contributed by atoms with Gasteiger partial charge in [-0.15, -0.1) is 0 Å². The van der Waals surface area contributed by atoms with E-state index in [-0.39, 0.29) is 12.4 Å². The number of likely N-dealkylation sites (N-methyl/N-ethyl adjacent to an activating group) is 1. The van der Waals surface area contributed by atoms with Crippen LogP contribution >= 0.6 is 0 Å². The SMILES string of the molecule is CC1CN(c2cccc(F)c2CN)CC1N(C)C. The van der Waals surface area contributed by atoms with Crippen molar-refractivity contribution in [2.24, 2.45) is 11.7 Å². The Labute approximate surface area is 108 Å². The molecule has 0 aromatic heterocycles. The van der Waals surface area contributed by atoms with Gasteiger partial charge in [-0.2, -0.15) is 0 Å². The fraction of sp³-hybridized carbons (Fsp3) is 0.571. The Balaban J connectivity index is 2.26. The summed E-state index contributed by atoms with van der Waals surface area (Å²) >= 11 is 0. The van der Waals surface area contributed by atoms with Gasteiger partial charge in [-0.25, -0.2) is 4.39 Å². The van der Waals surface area contributed by atoms with Crippen molar-refractivity contribution in [1.82, 2.24) is 4.90 Å². The van der Waals surface area contributed by atoms with E-state index in [0.717, 1.165) is 18.8 Å². The molecule has 1 aromatic rings. The molecule has 3 nitrogen and oxygen atoms in total. The molecule has 1 fully saturated rings. The minimum atomic E-state index is -0.198. The standard InChI is InChI=1S/C14H22FN3/c1-10-8-18(9-14(10)17(2)3)13-6-4-5-12(15)11(13)7-16/h4-6,10,14H,7-9,16H2,1-3H3. The Bertz CT molecular complexity index is 420. The minimum absolute atomic E-state index is 0.198. The van der Waals surface area contributed by atoms with Crippen molar-refractivity contribution in [3.8, 4) is 0 Å². The van der Waals surface area contributed by atoms with E-state index in [1.807, 2.05) is 6.07 Å². The Hall–Kier alpha value is -1.13. The molecule has 2 unspecified atom stereocenters. The maximum atomic E-state index is 13.7. The summed E-state index contributed by atoms with van der Waals surface area (Å²) in [5.41, 5.74) is 7.25. The van der Waals surface area contributed by atoms with E-state index in [1.165, 1.54) is 6.07 Å². The van der Waals surface area contributed by atoms with Crippen LogP contribution < -0.4 is 10.6 Å². The summed E-state index contributed by atoms with van der Waals surface area (Å²) < 4.78 is 13.7. The summed E-state index contributed by atoms with van der Waals surface area (Å²) in [6, 6.07) is 5.72. The average molecular weight is 251 g/mol. The zero-order valence-electron chi connectivity index (χ0n) is 11.4. The number of rotatable bonds is 3. The van der Waals surface area contributed by atoms with Crippen molar-refractivity contribution >= 4 is 5.69 Å². The fourth-order valence-corrected chi connectivity index (χ4v) is 2.86. The van der Waals surface area contributed by atoms with Crippen molar-refractivity contribution in [2.45, 2.75) is 19.5 Å². The first-order chi connectivity index (χ1) is 8.54. The van der Waals surface area contributed by atoms with Gasteiger partial charge in [0.1, 0.15) is 5.82 Å². The highest BCUT2D eigenvalue weighted by Crippen LogP contribution is 2.29. The molecule has 0 aliphatic carbocycles. The number of nitrogens with two attached hydrogens (primary N) is 1. The van der Waals surface area contributed by atoms with Gasteiger partial charge in [0.15, 0.2) is 0 Å². The largest absolute Gasteiger partial charge is 0.369 e. The smallest absolute Gasteiger partial charge is 0.129 e. The van der Waals surface area contributed by atoms with Crippen molar-refractivity contribution in [2.75, 3.05) is 32.1 Å². The number of hydrogen-bond acceptors (Lipinski definition) is 3. The monoisotopic (exact) mass is 251 g/mol. The molecule has 0 radical (unpaired) electrons. The summed E-state index contributed by atoms with van der Waals surface area (Å²) in [5.74, 6) is 0.379. The molecule has 18 heavy (non-hydrogen) atoms. The van der Waals surface area contributed by atoms with E-state index < -0.39 is 0 Å². The second-order valence-electron chi connectivity index (χ2n) is 5.35. The van der Waals surface area contributed by atoms with Crippen LogP contribution in [0, 0.1) is 11.7 Å². The molecule has 0 bridgehead atoms. The molecule has 1 aromatic carbocycles. The summed E-state index contributed by atoms with van der Waals surface area (Å²) in [7, 11) is 4.19. The average Bonchev–Trinajstić information content (AvgIpc) is 2.71. The van der Waals surface area contributed by atoms with Crippen LogP contribution in [0.25, 0.3) is 0 Å². The Morgan fingerprint density at radius 3 is 2.67 bits per heavy atom. The molecule has 0 saturated carbocycles. The van der Waals surface area contributed by atoms with E-state index in [4.69, 9.17) is 5.73 Å². The lowest BCUT2D eigenvalue weighted by atomic mass is 10.1. The molecule has 100 valence electrons. The lowest BCUT2D eigenvalue weighted by Gasteiger charge is -2.24. The van der Waals surface area contributed by atoms with E-state index in [0.29, 0.717) is 17.5 Å². The summed E-state index contributed by atoms with van der Waals surface area (Å²) in [5, 5.41) is 0. The van der Waals surface area contributed by atoms with Crippen LogP contribution in [-0.2, 0) is 6.54 Å². The third-order valence-corrected chi connectivity index (χ3v) is 3.87. The van der Waals surface area contributed by atoms with Crippen LogP contribution in [0.5, 0.6) is 0 Å². The molecule has 1 aliphatic heterocycles. The normalized spacial score (nSPS) is 24.0. The first kappa shape index (κ1) is 13.3. The van der Waals surface area contributed by atoms with Gasteiger partial charge < -0.3 is 15.5 Å². The fourth-order valence-electron chi connectivity index (χ4n) is 2.86. The van der Waals surface area contributed by atoms with Crippen LogP contribution in [0.2, 0.25) is 0 Å². The van der Waals surface area contributed by atoms with Crippen LogP contribution in [0.1, 0.15) is 12.5 Å². The second-order valence-corrected chi connectivity index (χ2v) is 5.35. The topological polar surface area (TPSA) is 32.5 Å².